The molecule has 0 unspecified atom stereocenters. The van der Waals surface area contributed by atoms with Gasteiger partial charge in [0.2, 0.25) is 0 Å². The van der Waals surface area contributed by atoms with Crippen LogP contribution in [0.4, 0.5) is 10.2 Å². The molecule has 0 aliphatic rings. The van der Waals surface area contributed by atoms with E-state index < -0.39 is 0 Å². The van der Waals surface area contributed by atoms with Crippen molar-refractivity contribution in [3.05, 3.63) is 33.9 Å². The van der Waals surface area contributed by atoms with Gasteiger partial charge >= 0.3 is 0 Å². The van der Waals surface area contributed by atoms with Crippen LogP contribution in [0.5, 0.6) is 0 Å². The van der Waals surface area contributed by atoms with Crippen LogP contribution in [0.1, 0.15) is 10.6 Å². The Balaban J connectivity index is 0.00000128. The van der Waals surface area contributed by atoms with Gasteiger partial charge in [0, 0.05) is 23.7 Å². The summed E-state index contributed by atoms with van der Waals surface area (Å²) in [6.07, 6.45) is 0. The second kappa shape index (κ2) is 5.32. The smallest absolute Gasteiger partial charge is 0.176 e. The number of halogens is 2. The highest BCUT2D eigenvalue weighted by molar-refractivity contribution is 7.10. The van der Waals surface area contributed by atoms with Crippen molar-refractivity contribution in [1.29, 1.82) is 0 Å². The van der Waals surface area contributed by atoms with Crippen molar-refractivity contribution in [2.45, 2.75) is 13.5 Å². The van der Waals surface area contributed by atoms with Gasteiger partial charge in [-0.05, 0) is 19.1 Å². The number of hydrogen-bond donors (Lipinski definition) is 1. The second-order valence-electron chi connectivity index (χ2n) is 3.35. The molecule has 6 heteroatoms. The van der Waals surface area contributed by atoms with Gasteiger partial charge in [-0.2, -0.15) is 9.49 Å². The van der Waals surface area contributed by atoms with Crippen LogP contribution in [0.2, 0.25) is 0 Å². The fourth-order valence-corrected chi connectivity index (χ4v) is 1.94. The van der Waals surface area contributed by atoms with Crippen molar-refractivity contribution >= 4 is 29.6 Å². The highest BCUT2D eigenvalue weighted by atomic mass is 35.5. The first-order valence-electron chi connectivity index (χ1n) is 4.64. The predicted molar refractivity (Wildman–Crippen MR) is 66.8 cm³/mol. The molecule has 0 radical (unpaired) electrons. The number of anilines is 1. The highest BCUT2D eigenvalue weighted by Crippen LogP contribution is 2.16. The van der Waals surface area contributed by atoms with Gasteiger partial charge < -0.3 is 5.32 Å². The van der Waals surface area contributed by atoms with Crippen LogP contribution in [0.25, 0.3) is 0 Å². The maximum Gasteiger partial charge on any atom is 0.176 e. The average Bonchev–Trinajstić information content (AvgIpc) is 2.72. The summed E-state index contributed by atoms with van der Waals surface area (Å²) in [5.41, 5.74) is 1.09. The van der Waals surface area contributed by atoms with Crippen LogP contribution >= 0.6 is 23.7 Å². The summed E-state index contributed by atoms with van der Waals surface area (Å²) >= 11 is 1.15. The van der Waals surface area contributed by atoms with Gasteiger partial charge in [-0.25, -0.2) is 0 Å². The molecule has 0 atom stereocenters. The first kappa shape index (κ1) is 13.0. The van der Waals surface area contributed by atoms with E-state index in [0.29, 0.717) is 6.54 Å². The summed E-state index contributed by atoms with van der Waals surface area (Å²) in [5, 5.41) is 7.25. The molecule has 2 aromatic heterocycles. The Morgan fingerprint density at radius 2 is 2.25 bits per heavy atom. The van der Waals surface area contributed by atoms with E-state index in [1.54, 1.807) is 10.7 Å². The van der Waals surface area contributed by atoms with Crippen molar-refractivity contribution in [2.75, 3.05) is 5.32 Å². The van der Waals surface area contributed by atoms with Crippen molar-refractivity contribution in [3.8, 4) is 0 Å². The molecule has 16 heavy (non-hydrogen) atoms. The van der Waals surface area contributed by atoms with Gasteiger partial charge in [0.05, 0.1) is 6.54 Å². The quantitative estimate of drug-likeness (QED) is 0.921. The van der Waals surface area contributed by atoms with Crippen molar-refractivity contribution in [3.63, 3.8) is 0 Å². The summed E-state index contributed by atoms with van der Waals surface area (Å²) in [6.45, 7) is 2.61. The third-order valence-electron chi connectivity index (χ3n) is 2.19. The predicted octanol–water partition coefficient (Wildman–Crippen LogP) is 2.96. The Hall–Kier alpha value is -1.07. The molecule has 0 amide bonds. The minimum atomic E-state index is -0.149. The number of rotatable bonds is 3. The Morgan fingerprint density at radius 3 is 2.75 bits per heavy atom. The van der Waals surface area contributed by atoms with E-state index in [9.17, 15) is 4.39 Å². The summed E-state index contributed by atoms with van der Waals surface area (Å²) in [6, 6.07) is 5.22. The molecular formula is C10H13ClFN3S. The van der Waals surface area contributed by atoms with Crippen molar-refractivity contribution < 1.29 is 4.39 Å². The summed E-state index contributed by atoms with van der Waals surface area (Å²) in [5.74, 6) is 0.823. The monoisotopic (exact) mass is 261 g/mol. The van der Waals surface area contributed by atoms with Crippen LogP contribution < -0.4 is 5.32 Å². The largest absolute Gasteiger partial charge is 0.364 e. The molecule has 88 valence electrons. The molecule has 0 aliphatic carbocycles. The lowest BCUT2D eigenvalue weighted by Crippen LogP contribution is -1.99. The first-order chi connectivity index (χ1) is 7.15. The third kappa shape index (κ3) is 2.96. The fraction of sp³-hybridized carbons (Fsp3) is 0.300. The number of aryl methyl sites for hydroxylation is 2. The molecule has 2 aromatic rings. The van der Waals surface area contributed by atoms with Crippen LogP contribution in [-0.4, -0.2) is 9.78 Å². The van der Waals surface area contributed by atoms with Gasteiger partial charge in [-0.1, -0.05) is 0 Å². The zero-order chi connectivity index (χ0) is 10.8. The highest BCUT2D eigenvalue weighted by Gasteiger charge is 2.02. The number of nitrogens with zero attached hydrogens (tertiary/aromatic N) is 2. The molecule has 0 aromatic carbocycles. The van der Waals surface area contributed by atoms with Crippen LogP contribution in [-0.2, 0) is 13.6 Å². The summed E-state index contributed by atoms with van der Waals surface area (Å²) in [4.78, 5) is 0.968. The van der Waals surface area contributed by atoms with Crippen LogP contribution in [0, 0.1) is 12.1 Å². The van der Waals surface area contributed by atoms with Gasteiger partial charge in [0.1, 0.15) is 5.82 Å². The third-order valence-corrected chi connectivity index (χ3v) is 3.06. The molecule has 0 bridgehead atoms. The lowest BCUT2D eigenvalue weighted by atomic mass is 10.4. The topological polar surface area (TPSA) is 29.9 Å². The number of hydrogen-bond acceptors (Lipinski definition) is 3. The maximum absolute atomic E-state index is 12.7. The van der Waals surface area contributed by atoms with Gasteiger partial charge in [-0.3, -0.25) is 4.68 Å². The number of thiophene rings is 1. The van der Waals surface area contributed by atoms with Gasteiger partial charge in [0.25, 0.3) is 0 Å². The minimum Gasteiger partial charge on any atom is -0.364 e. The molecule has 2 rings (SSSR count). The molecule has 1 N–H and O–H groups in total. The molecular weight excluding hydrogens is 249 g/mol. The fourth-order valence-electron chi connectivity index (χ4n) is 1.27. The summed E-state index contributed by atoms with van der Waals surface area (Å²) in [7, 11) is 1.89. The lowest BCUT2D eigenvalue weighted by Gasteiger charge is -1.98. The second-order valence-corrected chi connectivity index (χ2v) is 4.47. The van der Waals surface area contributed by atoms with E-state index in [4.69, 9.17) is 0 Å². The van der Waals surface area contributed by atoms with E-state index in [1.165, 1.54) is 6.07 Å². The molecule has 2 heterocycles. The first-order valence-corrected chi connectivity index (χ1v) is 5.45. The van der Waals surface area contributed by atoms with Crippen LogP contribution in [0.3, 0.4) is 0 Å². The Labute approximate surface area is 104 Å². The molecule has 0 fully saturated rings. The molecule has 0 aliphatic heterocycles. The average molecular weight is 262 g/mol. The zero-order valence-electron chi connectivity index (χ0n) is 9.03. The van der Waals surface area contributed by atoms with Gasteiger partial charge in [-0.15, -0.1) is 23.7 Å². The van der Waals surface area contributed by atoms with E-state index >= 15 is 0 Å². The van der Waals surface area contributed by atoms with Crippen molar-refractivity contribution in [1.82, 2.24) is 9.78 Å². The SMILES string of the molecule is Cc1cc(NCc2ccc(F)s2)nn1C.Cl. The number of aromatic nitrogens is 2. The normalized spacial score (nSPS) is 9.94. The lowest BCUT2D eigenvalue weighted by molar-refractivity contribution is 0.657. The minimum absolute atomic E-state index is 0. The number of nitrogens with one attached hydrogen (secondary N) is 1. The standard InChI is InChI=1S/C10H12FN3S.ClH/c1-7-5-10(13-14(7)2)12-6-8-3-4-9(11)15-8;/h3-5H,6H2,1-2H3,(H,12,13);1H. The van der Waals surface area contributed by atoms with Gasteiger partial charge in [0.15, 0.2) is 5.13 Å². The Morgan fingerprint density at radius 1 is 1.50 bits per heavy atom. The van der Waals surface area contributed by atoms with Crippen molar-refractivity contribution in [2.24, 2.45) is 7.05 Å². The Kier molecular flexibility index (Phi) is 4.32. The molecule has 0 spiro atoms. The summed E-state index contributed by atoms with van der Waals surface area (Å²) < 4.78 is 14.5. The zero-order valence-corrected chi connectivity index (χ0v) is 10.7. The molecule has 0 saturated carbocycles. The van der Waals surface area contributed by atoms with E-state index in [2.05, 4.69) is 10.4 Å². The maximum atomic E-state index is 12.7. The van der Waals surface area contributed by atoms with E-state index in [1.807, 2.05) is 20.0 Å². The molecule has 0 saturated heterocycles. The van der Waals surface area contributed by atoms with E-state index in [0.717, 1.165) is 27.7 Å². The Bertz CT molecular complexity index is 447. The van der Waals surface area contributed by atoms with E-state index in [-0.39, 0.29) is 17.5 Å². The van der Waals surface area contributed by atoms with Crippen LogP contribution in [0.15, 0.2) is 18.2 Å². The molecule has 3 nitrogen and oxygen atoms in total.